The fourth-order valence-corrected chi connectivity index (χ4v) is 1.96. The van der Waals surface area contributed by atoms with E-state index in [0.717, 1.165) is 5.69 Å². The summed E-state index contributed by atoms with van der Waals surface area (Å²) < 4.78 is 1.93. The van der Waals surface area contributed by atoms with Crippen molar-refractivity contribution in [3.63, 3.8) is 0 Å². The molecular formula is C12H21N3. The summed E-state index contributed by atoms with van der Waals surface area (Å²) in [5.74, 6) is 0. The molecule has 1 heterocycles. The van der Waals surface area contributed by atoms with Crippen molar-refractivity contribution in [2.75, 3.05) is 0 Å². The number of rotatable bonds is 4. The van der Waals surface area contributed by atoms with Crippen molar-refractivity contribution in [2.24, 2.45) is 7.05 Å². The van der Waals surface area contributed by atoms with E-state index in [1.165, 1.54) is 11.3 Å². The van der Waals surface area contributed by atoms with Gasteiger partial charge in [0.05, 0.1) is 5.69 Å². The van der Waals surface area contributed by atoms with Gasteiger partial charge in [0.15, 0.2) is 0 Å². The Balaban J connectivity index is 2.90. The van der Waals surface area contributed by atoms with Crippen LogP contribution >= 0.6 is 0 Å². The second-order valence-corrected chi connectivity index (χ2v) is 4.12. The molecule has 0 aliphatic rings. The van der Waals surface area contributed by atoms with Crippen LogP contribution in [0.4, 0.5) is 0 Å². The number of aromatic nitrogens is 2. The maximum absolute atomic E-state index is 4.42. The molecule has 0 spiro atoms. The van der Waals surface area contributed by atoms with E-state index in [0.29, 0.717) is 12.1 Å². The lowest BCUT2D eigenvalue weighted by Crippen LogP contribution is -2.27. The molecule has 1 N–H and O–H groups in total. The van der Waals surface area contributed by atoms with Crippen LogP contribution in [-0.2, 0) is 7.05 Å². The van der Waals surface area contributed by atoms with E-state index < -0.39 is 0 Å². The zero-order valence-electron chi connectivity index (χ0n) is 10.3. The summed E-state index contributed by atoms with van der Waals surface area (Å²) in [6.07, 6.45) is 1.91. The zero-order valence-corrected chi connectivity index (χ0v) is 10.3. The van der Waals surface area contributed by atoms with Gasteiger partial charge in [0, 0.05) is 30.4 Å². The summed E-state index contributed by atoms with van der Waals surface area (Å²) in [7, 11) is 1.98. The quantitative estimate of drug-likeness (QED) is 0.767. The van der Waals surface area contributed by atoms with Crippen molar-refractivity contribution in [2.45, 2.75) is 39.8 Å². The summed E-state index contributed by atoms with van der Waals surface area (Å²) in [6.45, 7) is 12.2. The molecule has 0 aliphatic carbocycles. The van der Waals surface area contributed by atoms with Crippen molar-refractivity contribution in [3.8, 4) is 0 Å². The number of hydrogen-bond donors (Lipinski definition) is 1. The molecule has 0 saturated heterocycles. The summed E-state index contributed by atoms with van der Waals surface area (Å²) in [5, 5.41) is 7.89. The van der Waals surface area contributed by atoms with Gasteiger partial charge in [-0.1, -0.05) is 6.08 Å². The third-order valence-electron chi connectivity index (χ3n) is 2.86. The highest BCUT2D eigenvalue weighted by molar-refractivity contribution is 5.27. The van der Waals surface area contributed by atoms with Gasteiger partial charge in [-0.05, 0) is 27.7 Å². The van der Waals surface area contributed by atoms with Gasteiger partial charge in [-0.15, -0.1) is 6.58 Å². The predicted molar refractivity (Wildman–Crippen MR) is 63.9 cm³/mol. The Morgan fingerprint density at radius 3 is 2.40 bits per heavy atom. The zero-order chi connectivity index (χ0) is 11.6. The lowest BCUT2D eigenvalue weighted by molar-refractivity contribution is 0.532. The second kappa shape index (κ2) is 4.62. The normalized spacial score (nSPS) is 15.0. The van der Waals surface area contributed by atoms with Crippen molar-refractivity contribution < 1.29 is 0 Å². The van der Waals surface area contributed by atoms with Crippen molar-refractivity contribution in [1.82, 2.24) is 15.1 Å². The molecule has 15 heavy (non-hydrogen) atoms. The second-order valence-electron chi connectivity index (χ2n) is 4.12. The van der Waals surface area contributed by atoms with E-state index in [2.05, 4.69) is 44.7 Å². The summed E-state index contributed by atoms with van der Waals surface area (Å²) in [5.41, 5.74) is 3.63. The van der Waals surface area contributed by atoms with Crippen molar-refractivity contribution in [3.05, 3.63) is 29.6 Å². The molecule has 2 atom stereocenters. The van der Waals surface area contributed by atoms with Gasteiger partial charge in [-0.25, -0.2) is 0 Å². The lowest BCUT2D eigenvalue weighted by atomic mass is 10.1. The molecule has 2 unspecified atom stereocenters. The molecule has 1 aromatic rings. The van der Waals surface area contributed by atoms with Crippen LogP contribution in [0.1, 0.15) is 36.8 Å². The summed E-state index contributed by atoms with van der Waals surface area (Å²) in [4.78, 5) is 0. The monoisotopic (exact) mass is 207 g/mol. The minimum Gasteiger partial charge on any atom is -0.304 e. The maximum atomic E-state index is 4.42. The molecule has 3 heteroatoms. The molecule has 0 aromatic carbocycles. The minimum absolute atomic E-state index is 0.312. The van der Waals surface area contributed by atoms with Crippen LogP contribution in [0, 0.1) is 13.8 Å². The van der Waals surface area contributed by atoms with Gasteiger partial charge >= 0.3 is 0 Å². The number of nitrogens with zero attached hydrogens (tertiary/aromatic N) is 2. The first-order chi connectivity index (χ1) is 6.97. The van der Waals surface area contributed by atoms with E-state index in [-0.39, 0.29) is 0 Å². The SMILES string of the molecule is C=CC(C)NC(C)c1c(C)nn(C)c1C. The fraction of sp³-hybridized carbons (Fsp3) is 0.583. The first-order valence-corrected chi connectivity index (χ1v) is 5.36. The van der Waals surface area contributed by atoms with E-state index >= 15 is 0 Å². The Kier molecular flexibility index (Phi) is 3.69. The van der Waals surface area contributed by atoms with E-state index in [4.69, 9.17) is 0 Å². The van der Waals surface area contributed by atoms with Crippen LogP contribution < -0.4 is 5.32 Å². The molecule has 3 nitrogen and oxygen atoms in total. The van der Waals surface area contributed by atoms with Gasteiger partial charge in [0.25, 0.3) is 0 Å². The van der Waals surface area contributed by atoms with Crippen LogP contribution in [0.3, 0.4) is 0 Å². The molecule has 1 aromatic heterocycles. The predicted octanol–water partition coefficient (Wildman–Crippen LogP) is 2.26. The minimum atomic E-state index is 0.312. The van der Waals surface area contributed by atoms with E-state index in [1.807, 2.05) is 17.8 Å². The fourth-order valence-electron chi connectivity index (χ4n) is 1.96. The molecule has 84 valence electrons. The van der Waals surface area contributed by atoms with Gasteiger partial charge in [0.1, 0.15) is 0 Å². The molecule has 0 bridgehead atoms. The van der Waals surface area contributed by atoms with Gasteiger partial charge in [0.2, 0.25) is 0 Å². The number of hydrogen-bond acceptors (Lipinski definition) is 2. The van der Waals surface area contributed by atoms with Crippen molar-refractivity contribution in [1.29, 1.82) is 0 Å². The van der Waals surface area contributed by atoms with Crippen molar-refractivity contribution >= 4 is 0 Å². The van der Waals surface area contributed by atoms with E-state index in [1.54, 1.807) is 0 Å². The van der Waals surface area contributed by atoms with Crippen LogP contribution in [0.25, 0.3) is 0 Å². The first-order valence-electron chi connectivity index (χ1n) is 5.36. The van der Waals surface area contributed by atoms with Gasteiger partial charge in [-0.3, -0.25) is 4.68 Å². The van der Waals surface area contributed by atoms with Crippen LogP contribution in [0.2, 0.25) is 0 Å². The molecule has 1 rings (SSSR count). The maximum Gasteiger partial charge on any atom is 0.0644 e. The lowest BCUT2D eigenvalue weighted by Gasteiger charge is -2.18. The average Bonchev–Trinajstić information content (AvgIpc) is 2.41. The Bertz CT molecular complexity index is 352. The van der Waals surface area contributed by atoms with Gasteiger partial charge < -0.3 is 5.32 Å². The molecule has 0 radical (unpaired) electrons. The first kappa shape index (κ1) is 12.0. The molecule has 0 saturated carbocycles. The third kappa shape index (κ3) is 2.48. The third-order valence-corrected chi connectivity index (χ3v) is 2.86. The Morgan fingerprint density at radius 1 is 1.40 bits per heavy atom. The van der Waals surface area contributed by atoms with E-state index in [9.17, 15) is 0 Å². The highest BCUT2D eigenvalue weighted by Gasteiger charge is 2.16. The Labute approximate surface area is 92.2 Å². The molecule has 0 fully saturated rings. The highest BCUT2D eigenvalue weighted by atomic mass is 15.3. The van der Waals surface area contributed by atoms with Gasteiger partial charge in [-0.2, -0.15) is 5.10 Å². The van der Waals surface area contributed by atoms with Crippen LogP contribution in [0.15, 0.2) is 12.7 Å². The summed E-state index contributed by atoms with van der Waals surface area (Å²) in [6, 6.07) is 0.630. The molecular weight excluding hydrogens is 186 g/mol. The topological polar surface area (TPSA) is 29.9 Å². The highest BCUT2D eigenvalue weighted by Crippen LogP contribution is 2.20. The standard InChI is InChI=1S/C12H21N3/c1-7-8(2)13-9(3)12-10(4)14-15(6)11(12)5/h7-9,13H,1H2,2-6H3. The number of nitrogens with one attached hydrogen (secondary N) is 1. The molecule has 0 aliphatic heterocycles. The summed E-state index contributed by atoms with van der Waals surface area (Å²) >= 11 is 0. The number of aryl methyl sites for hydroxylation is 2. The largest absolute Gasteiger partial charge is 0.304 e. The average molecular weight is 207 g/mol. The Hall–Kier alpha value is -1.09. The van der Waals surface area contributed by atoms with Crippen LogP contribution in [0.5, 0.6) is 0 Å². The van der Waals surface area contributed by atoms with Crippen LogP contribution in [-0.4, -0.2) is 15.8 Å². The Morgan fingerprint density at radius 2 is 2.00 bits per heavy atom. The molecule has 0 amide bonds. The smallest absolute Gasteiger partial charge is 0.0644 e.